The predicted molar refractivity (Wildman–Crippen MR) is 80.5 cm³/mol. The van der Waals surface area contributed by atoms with Crippen molar-refractivity contribution in [1.82, 2.24) is 15.0 Å². The Morgan fingerprint density at radius 2 is 1.43 bits per heavy atom. The Morgan fingerprint density at radius 3 is 1.90 bits per heavy atom. The summed E-state index contributed by atoms with van der Waals surface area (Å²) < 4.78 is 0. The minimum atomic E-state index is -0.448. The Morgan fingerprint density at radius 1 is 0.952 bits per heavy atom. The third-order valence-electron chi connectivity index (χ3n) is 3.43. The van der Waals surface area contributed by atoms with Gasteiger partial charge in [0.1, 0.15) is 0 Å². The van der Waals surface area contributed by atoms with Crippen LogP contribution in [0.5, 0.6) is 0 Å². The average molecular weight is 278 g/mol. The molecule has 3 aromatic rings. The van der Waals surface area contributed by atoms with Crippen LogP contribution in [0.4, 0.5) is 0 Å². The van der Waals surface area contributed by atoms with Gasteiger partial charge in [-0.25, -0.2) is 0 Å². The van der Waals surface area contributed by atoms with Gasteiger partial charge < -0.3 is 10.7 Å². The molecule has 104 valence electrons. The fourth-order valence-electron chi connectivity index (χ4n) is 2.44. The molecule has 0 atom stereocenters. The number of nitrogens with two attached hydrogens (primary N) is 1. The van der Waals surface area contributed by atoms with Crippen molar-refractivity contribution in [2.75, 3.05) is 0 Å². The van der Waals surface area contributed by atoms with Crippen molar-refractivity contribution in [1.29, 1.82) is 0 Å². The van der Waals surface area contributed by atoms with Gasteiger partial charge in [-0.05, 0) is 36.8 Å². The summed E-state index contributed by atoms with van der Waals surface area (Å²) in [5.74, 6) is -0.448. The molecule has 5 nitrogen and oxygen atoms in total. The lowest BCUT2D eigenvalue weighted by Crippen LogP contribution is -2.12. The minimum Gasteiger partial charge on any atom is -0.366 e. The Hall–Kier alpha value is -2.95. The second-order valence-corrected chi connectivity index (χ2v) is 4.71. The van der Waals surface area contributed by atoms with E-state index in [2.05, 4.69) is 15.0 Å². The number of carbonyl (C=O) groups is 1. The topological polar surface area (TPSA) is 84.7 Å². The number of H-pyrrole nitrogens is 1. The van der Waals surface area contributed by atoms with E-state index in [9.17, 15) is 4.79 Å². The van der Waals surface area contributed by atoms with Gasteiger partial charge in [-0.1, -0.05) is 0 Å². The van der Waals surface area contributed by atoms with E-state index < -0.39 is 5.91 Å². The van der Waals surface area contributed by atoms with Gasteiger partial charge >= 0.3 is 0 Å². The maximum Gasteiger partial charge on any atom is 0.251 e. The van der Waals surface area contributed by atoms with Crippen LogP contribution in [0, 0.1) is 6.92 Å². The van der Waals surface area contributed by atoms with Crippen LogP contribution in [0.2, 0.25) is 0 Å². The van der Waals surface area contributed by atoms with Crippen molar-refractivity contribution in [2.24, 2.45) is 5.73 Å². The molecule has 21 heavy (non-hydrogen) atoms. The van der Waals surface area contributed by atoms with Gasteiger partial charge in [-0.15, -0.1) is 0 Å². The zero-order valence-electron chi connectivity index (χ0n) is 11.5. The summed E-state index contributed by atoms with van der Waals surface area (Å²) in [5, 5.41) is 0. The van der Waals surface area contributed by atoms with Crippen molar-refractivity contribution < 1.29 is 4.79 Å². The van der Waals surface area contributed by atoms with Crippen LogP contribution in [0.15, 0.2) is 49.1 Å². The number of carbonyl (C=O) groups excluding carboxylic acids is 1. The van der Waals surface area contributed by atoms with E-state index in [1.807, 2.05) is 31.2 Å². The number of nitrogens with one attached hydrogen (secondary N) is 1. The zero-order chi connectivity index (χ0) is 14.8. The molecule has 0 aliphatic carbocycles. The quantitative estimate of drug-likeness (QED) is 0.772. The monoisotopic (exact) mass is 278 g/mol. The molecule has 0 bridgehead atoms. The first kappa shape index (κ1) is 13.1. The second kappa shape index (κ2) is 5.20. The minimum absolute atomic E-state index is 0.448. The second-order valence-electron chi connectivity index (χ2n) is 4.71. The van der Waals surface area contributed by atoms with Gasteiger partial charge in [0, 0.05) is 41.6 Å². The average Bonchev–Trinajstić information content (AvgIpc) is 2.87. The Kier molecular flexibility index (Phi) is 3.23. The molecule has 3 aromatic heterocycles. The molecule has 3 heterocycles. The molecule has 0 radical (unpaired) electrons. The van der Waals surface area contributed by atoms with Crippen LogP contribution in [0.25, 0.3) is 22.5 Å². The van der Waals surface area contributed by atoms with Crippen LogP contribution in [-0.2, 0) is 0 Å². The molecule has 0 aliphatic rings. The molecule has 0 fully saturated rings. The molecule has 0 spiro atoms. The molecular weight excluding hydrogens is 264 g/mol. The van der Waals surface area contributed by atoms with E-state index >= 15 is 0 Å². The van der Waals surface area contributed by atoms with Crippen molar-refractivity contribution >= 4 is 5.91 Å². The molecule has 0 aromatic carbocycles. The van der Waals surface area contributed by atoms with Crippen LogP contribution in [-0.4, -0.2) is 20.9 Å². The van der Waals surface area contributed by atoms with Crippen LogP contribution < -0.4 is 5.73 Å². The number of pyridine rings is 2. The number of aromatic amines is 1. The number of primary amides is 1. The van der Waals surface area contributed by atoms with Crippen molar-refractivity contribution in [3.63, 3.8) is 0 Å². The van der Waals surface area contributed by atoms with Gasteiger partial charge in [0.25, 0.3) is 5.91 Å². The summed E-state index contributed by atoms with van der Waals surface area (Å²) in [6.45, 7) is 1.89. The number of hydrogen-bond acceptors (Lipinski definition) is 3. The summed E-state index contributed by atoms with van der Waals surface area (Å²) in [6, 6.07) is 7.46. The highest BCUT2D eigenvalue weighted by Gasteiger charge is 2.20. The zero-order valence-corrected chi connectivity index (χ0v) is 11.5. The number of amides is 1. The summed E-state index contributed by atoms with van der Waals surface area (Å²) in [4.78, 5) is 23.1. The summed E-state index contributed by atoms with van der Waals surface area (Å²) in [6.07, 6.45) is 6.79. The van der Waals surface area contributed by atoms with E-state index in [4.69, 9.17) is 5.73 Å². The maximum atomic E-state index is 11.8. The molecule has 3 rings (SSSR count). The summed E-state index contributed by atoms with van der Waals surface area (Å²) in [5.41, 5.74) is 10.3. The standard InChI is InChI=1S/C16H14N4O/c1-10-13(16(17)21)15(12-4-8-19-9-5-12)20-14(10)11-2-6-18-7-3-11/h2-9,20H,1H3,(H2,17,21). The van der Waals surface area contributed by atoms with Gasteiger partial charge in [0.05, 0.1) is 11.3 Å². The highest BCUT2D eigenvalue weighted by molar-refractivity contribution is 6.02. The highest BCUT2D eigenvalue weighted by atomic mass is 16.1. The van der Waals surface area contributed by atoms with Crippen molar-refractivity contribution in [3.05, 3.63) is 60.2 Å². The Balaban J connectivity index is 2.24. The molecule has 1 amide bonds. The SMILES string of the molecule is Cc1c(-c2ccncc2)[nH]c(-c2ccncc2)c1C(N)=O. The lowest BCUT2D eigenvalue weighted by Gasteiger charge is -2.01. The molecule has 0 aliphatic heterocycles. The van der Waals surface area contributed by atoms with Crippen molar-refractivity contribution in [2.45, 2.75) is 6.92 Å². The third-order valence-corrected chi connectivity index (χ3v) is 3.43. The highest BCUT2D eigenvalue weighted by Crippen LogP contribution is 2.32. The summed E-state index contributed by atoms with van der Waals surface area (Å²) >= 11 is 0. The largest absolute Gasteiger partial charge is 0.366 e. The fourth-order valence-corrected chi connectivity index (χ4v) is 2.44. The molecular formula is C16H14N4O. The van der Waals surface area contributed by atoms with Gasteiger partial charge in [-0.2, -0.15) is 0 Å². The fraction of sp³-hybridized carbons (Fsp3) is 0.0625. The lowest BCUT2D eigenvalue weighted by atomic mass is 10.0. The lowest BCUT2D eigenvalue weighted by molar-refractivity contribution is 0.100. The normalized spacial score (nSPS) is 10.5. The predicted octanol–water partition coefficient (Wildman–Crippen LogP) is 2.55. The molecule has 5 heteroatoms. The van der Waals surface area contributed by atoms with Crippen LogP contribution >= 0.6 is 0 Å². The van der Waals surface area contributed by atoms with Gasteiger partial charge in [0.15, 0.2) is 0 Å². The molecule has 0 unspecified atom stereocenters. The van der Waals surface area contributed by atoms with Crippen LogP contribution in [0.3, 0.4) is 0 Å². The first-order chi connectivity index (χ1) is 10.2. The maximum absolute atomic E-state index is 11.8. The van der Waals surface area contributed by atoms with Gasteiger partial charge in [0.2, 0.25) is 0 Å². The Labute approximate surface area is 121 Å². The molecule has 3 N–H and O–H groups in total. The molecule has 0 saturated heterocycles. The number of rotatable bonds is 3. The van der Waals surface area contributed by atoms with E-state index in [-0.39, 0.29) is 0 Å². The first-order valence-corrected chi connectivity index (χ1v) is 6.51. The summed E-state index contributed by atoms with van der Waals surface area (Å²) in [7, 11) is 0. The van der Waals surface area contributed by atoms with E-state index in [0.717, 1.165) is 22.4 Å². The Bertz CT molecular complexity index is 779. The van der Waals surface area contributed by atoms with E-state index in [0.29, 0.717) is 11.3 Å². The van der Waals surface area contributed by atoms with Gasteiger partial charge in [-0.3, -0.25) is 14.8 Å². The molecule has 0 saturated carbocycles. The van der Waals surface area contributed by atoms with E-state index in [1.54, 1.807) is 24.8 Å². The smallest absolute Gasteiger partial charge is 0.251 e. The number of hydrogen-bond donors (Lipinski definition) is 2. The third kappa shape index (κ3) is 2.29. The first-order valence-electron chi connectivity index (χ1n) is 6.51. The van der Waals surface area contributed by atoms with Crippen LogP contribution in [0.1, 0.15) is 15.9 Å². The number of aromatic nitrogens is 3. The number of nitrogens with zero attached hydrogens (tertiary/aromatic N) is 2. The van der Waals surface area contributed by atoms with E-state index in [1.165, 1.54) is 0 Å². The van der Waals surface area contributed by atoms with Crippen molar-refractivity contribution in [3.8, 4) is 22.5 Å².